The fourth-order valence-corrected chi connectivity index (χ4v) is 1.29. The Morgan fingerprint density at radius 1 is 1.21 bits per heavy atom. The summed E-state index contributed by atoms with van der Waals surface area (Å²) in [6.45, 7) is 3.98. The van der Waals surface area contributed by atoms with E-state index in [1.54, 1.807) is 26.0 Å². The number of rotatable bonds is 5. The van der Waals surface area contributed by atoms with Crippen molar-refractivity contribution >= 4 is 17.6 Å². The maximum absolute atomic E-state index is 11.6. The van der Waals surface area contributed by atoms with Gasteiger partial charge in [-0.25, -0.2) is 4.79 Å². The first-order valence-electron chi connectivity index (χ1n) is 5.99. The smallest absolute Gasteiger partial charge is 0.319 e. The van der Waals surface area contributed by atoms with Crippen molar-refractivity contribution in [2.45, 2.75) is 20.4 Å². The van der Waals surface area contributed by atoms with Crippen molar-refractivity contribution in [2.75, 3.05) is 11.9 Å². The molecule has 0 aliphatic heterocycles. The summed E-state index contributed by atoms with van der Waals surface area (Å²) < 4.78 is 0. The molecule has 1 aromatic rings. The topological polar surface area (TPSA) is 110 Å². The van der Waals surface area contributed by atoms with E-state index in [0.717, 1.165) is 5.56 Å². The fourth-order valence-electron chi connectivity index (χ4n) is 1.29. The molecule has 3 amide bonds. The van der Waals surface area contributed by atoms with Crippen LogP contribution in [0.25, 0.3) is 0 Å². The SMILES string of the molecule is CC(C)(CNC(=O)Nc1ccc(CN)cc1)C(N)=O. The molecule has 0 aliphatic carbocycles. The second kappa shape index (κ2) is 6.19. The zero-order valence-electron chi connectivity index (χ0n) is 11.2. The number of urea groups is 1. The molecule has 1 rings (SSSR count). The van der Waals surface area contributed by atoms with Gasteiger partial charge in [0.15, 0.2) is 0 Å². The minimum absolute atomic E-state index is 0.176. The zero-order chi connectivity index (χ0) is 14.5. The lowest BCUT2D eigenvalue weighted by Crippen LogP contribution is -2.43. The van der Waals surface area contributed by atoms with Gasteiger partial charge in [-0.1, -0.05) is 12.1 Å². The van der Waals surface area contributed by atoms with Crippen LogP contribution < -0.4 is 22.1 Å². The molecule has 0 radical (unpaired) electrons. The number of hydrogen-bond acceptors (Lipinski definition) is 3. The molecular formula is C13H20N4O2. The number of anilines is 1. The number of carbonyl (C=O) groups is 2. The van der Waals surface area contributed by atoms with Gasteiger partial charge >= 0.3 is 6.03 Å². The highest BCUT2D eigenvalue weighted by atomic mass is 16.2. The largest absolute Gasteiger partial charge is 0.369 e. The lowest BCUT2D eigenvalue weighted by Gasteiger charge is -2.20. The van der Waals surface area contributed by atoms with Gasteiger partial charge in [0.25, 0.3) is 0 Å². The van der Waals surface area contributed by atoms with Gasteiger partial charge in [-0.2, -0.15) is 0 Å². The summed E-state index contributed by atoms with van der Waals surface area (Å²) in [6, 6.07) is 6.82. The average Bonchev–Trinajstić information content (AvgIpc) is 2.37. The van der Waals surface area contributed by atoms with Crippen LogP contribution in [0.4, 0.5) is 10.5 Å². The molecule has 0 saturated carbocycles. The molecule has 0 saturated heterocycles. The van der Waals surface area contributed by atoms with Crippen molar-refractivity contribution in [3.63, 3.8) is 0 Å². The van der Waals surface area contributed by atoms with E-state index in [1.807, 2.05) is 12.1 Å². The summed E-state index contributed by atoms with van der Waals surface area (Å²) in [4.78, 5) is 22.7. The molecular weight excluding hydrogens is 244 g/mol. The molecule has 1 aromatic carbocycles. The Morgan fingerprint density at radius 3 is 2.26 bits per heavy atom. The predicted molar refractivity (Wildman–Crippen MR) is 74.3 cm³/mol. The summed E-state index contributed by atoms with van der Waals surface area (Å²) in [5.74, 6) is -0.458. The Hall–Kier alpha value is -2.08. The van der Waals surface area contributed by atoms with Crippen molar-refractivity contribution in [1.82, 2.24) is 5.32 Å². The van der Waals surface area contributed by atoms with Gasteiger partial charge in [-0.05, 0) is 31.5 Å². The Labute approximate surface area is 112 Å². The molecule has 0 spiro atoms. The van der Waals surface area contributed by atoms with E-state index in [0.29, 0.717) is 12.2 Å². The Kier molecular flexibility index (Phi) is 4.88. The summed E-state index contributed by atoms with van der Waals surface area (Å²) in [5.41, 5.74) is 11.6. The second-order valence-corrected chi connectivity index (χ2v) is 4.96. The lowest BCUT2D eigenvalue weighted by atomic mass is 9.93. The van der Waals surface area contributed by atoms with E-state index in [9.17, 15) is 9.59 Å². The van der Waals surface area contributed by atoms with Crippen molar-refractivity contribution in [3.8, 4) is 0 Å². The quantitative estimate of drug-likeness (QED) is 0.630. The molecule has 6 N–H and O–H groups in total. The van der Waals surface area contributed by atoms with Gasteiger partial charge in [0.2, 0.25) is 5.91 Å². The second-order valence-electron chi connectivity index (χ2n) is 4.96. The Bertz CT molecular complexity index is 454. The normalized spacial score (nSPS) is 10.9. The van der Waals surface area contributed by atoms with Gasteiger partial charge in [-0.3, -0.25) is 4.79 Å². The number of nitrogens with one attached hydrogen (secondary N) is 2. The average molecular weight is 264 g/mol. The highest BCUT2D eigenvalue weighted by molar-refractivity contribution is 5.90. The first kappa shape index (κ1) is 15.0. The molecule has 19 heavy (non-hydrogen) atoms. The fraction of sp³-hybridized carbons (Fsp3) is 0.385. The third-order valence-corrected chi connectivity index (χ3v) is 2.81. The highest BCUT2D eigenvalue weighted by Crippen LogP contribution is 2.12. The van der Waals surface area contributed by atoms with Gasteiger partial charge in [0.1, 0.15) is 0 Å². The number of primary amides is 1. The highest BCUT2D eigenvalue weighted by Gasteiger charge is 2.25. The first-order valence-corrected chi connectivity index (χ1v) is 5.99. The molecule has 0 aliphatic rings. The summed E-state index contributed by atoms with van der Waals surface area (Å²) in [5, 5.41) is 5.27. The van der Waals surface area contributed by atoms with Gasteiger partial charge in [-0.15, -0.1) is 0 Å². The van der Waals surface area contributed by atoms with Crippen LogP contribution >= 0.6 is 0 Å². The van der Waals surface area contributed by atoms with E-state index < -0.39 is 11.3 Å². The minimum atomic E-state index is -0.777. The Morgan fingerprint density at radius 2 is 1.79 bits per heavy atom. The standard InChI is InChI=1S/C13H20N4O2/c1-13(2,11(15)18)8-16-12(19)17-10-5-3-9(7-14)4-6-10/h3-6H,7-8,14H2,1-2H3,(H2,15,18)(H2,16,17,19). The van der Waals surface area contributed by atoms with Crippen molar-refractivity contribution in [1.29, 1.82) is 0 Å². The maximum atomic E-state index is 11.6. The van der Waals surface area contributed by atoms with Gasteiger partial charge in [0.05, 0.1) is 5.41 Å². The van der Waals surface area contributed by atoms with Crippen LogP contribution in [-0.4, -0.2) is 18.5 Å². The van der Waals surface area contributed by atoms with E-state index >= 15 is 0 Å². The molecule has 6 heteroatoms. The van der Waals surface area contributed by atoms with E-state index in [-0.39, 0.29) is 12.6 Å². The van der Waals surface area contributed by atoms with Crippen LogP contribution in [0.15, 0.2) is 24.3 Å². The summed E-state index contributed by atoms with van der Waals surface area (Å²) in [7, 11) is 0. The number of benzene rings is 1. The first-order chi connectivity index (χ1) is 8.85. The van der Waals surface area contributed by atoms with Crippen LogP contribution in [-0.2, 0) is 11.3 Å². The number of amides is 3. The number of carbonyl (C=O) groups excluding carboxylic acids is 2. The zero-order valence-corrected chi connectivity index (χ0v) is 11.2. The molecule has 0 unspecified atom stereocenters. The number of hydrogen-bond donors (Lipinski definition) is 4. The predicted octanol–water partition coefficient (Wildman–Crippen LogP) is 0.778. The molecule has 104 valence electrons. The van der Waals surface area contributed by atoms with Crippen LogP contribution in [0.5, 0.6) is 0 Å². The Balaban J connectivity index is 2.49. The van der Waals surface area contributed by atoms with E-state index in [2.05, 4.69) is 10.6 Å². The third kappa shape index (κ3) is 4.59. The van der Waals surface area contributed by atoms with Crippen LogP contribution in [0.1, 0.15) is 19.4 Å². The number of nitrogens with two attached hydrogens (primary N) is 2. The molecule has 0 fully saturated rings. The maximum Gasteiger partial charge on any atom is 0.319 e. The summed E-state index contributed by atoms with van der Waals surface area (Å²) in [6.07, 6.45) is 0. The summed E-state index contributed by atoms with van der Waals surface area (Å²) >= 11 is 0. The monoisotopic (exact) mass is 264 g/mol. The molecule has 0 aromatic heterocycles. The van der Waals surface area contributed by atoms with Gasteiger partial charge < -0.3 is 22.1 Å². The van der Waals surface area contributed by atoms with E-state index in [4.69, 9.17) is 11.5 Å². The van der Waals surface area contributed by atoms with Crippen molar-refractivity contribution in [2.24, 2.45) is 16.9 Å². The minimum Gasteiger partial charge on any atom is -0.369 e. The van der Waals surface area contributed by atoms with Crippen molar-refractivity contribution in [3.05, 3.63) is 29.8 Å². The molecule has 6 nitrogen and oxygen atoms in total. The van der Waals surface area contributed by atoms with Crippen LogP contribution in [0, 0.1) is 5.41 Å². The molecule has 0 heterocycles. The molecule has 0 bridgehead atoms. The molecule has 0 atom stereocenters. The van der Waals surface area contributed by atoms with Crippen molar-refractivity contribution < 1.29 is 9.59 Å². The van der Waals surface area contributed by atoms with Crippen LogP contribution in [0.2, 0.25) is 0 Å². The van der Waals surface area contributed by atoms with Crippen LogP contribution in [0.3, 0.4) is 0 Å². The third-order valence-electron chi connectivity index (χ3n) is 2.81. The van der Waals surface area contributed by atoms with Gasteiger partial charge in [0, 0.05) is 18.8 Å². The lowest BCUT2D eigenvalue weighted by molar-refractivity contribution is -0.125. The van der Waals surface area contributed by atoms with E-state index in [1.165, 1.54) is 0 Å².